The SMILES string of the molecule is C=CCc1cc(C)c(F)cc1F. The quantitative estimate of drug-likeness (QED) is 0.595. The lowest BCUT2D eigenvalue weighted by molar-refractivity contribution is 0.569. The van der Waals surface area contributed by atoms with Crippen LogP contribution in [0.25, 0.3) is 0 Å². The van der Waals surface area contributed by atoms with E-state index in [2.05, 4.69) is 6.58 Å². The van der Waals surface area contributed by atoms with E-state index in [4.69, 9.17) is 0 Å². The molecule has 0 aromatic heterocycles. The van der Waals surface area contributed by atoms with Crippen molar-refractivity contribution in [3.63, 3.8) is 0 Å². The third-order valence-electron chi connectivity index (χ3n) is 1.69. The van der Waals surface area contributed by atoms with E-state index in [9.17, 15) is 8.78 Å². The van der Waals surface area contributed by atoms with Crippen LogP contribution in [0.3, 0.4) is 0 Å². The van der Waals surface area contributed by atoms with Crippen LogP contribution in [-0.2, 0) is 6.42 Å². The molecule has 0 heterocycles. The minimum absolute atomic E-state index is 0.437. The molecule has 0 radical (unpaired) electrons. The van der Waals surface area contributed by atoms with Crippen molar-refractivity contribution >= 4 is 0 Å². The molecular formula is C10H10F2. The second kappa shape index (κ2) is 3.48. The number of allylic oxidation sites excluding steroid dienone is 1. The minimum atomic E-state index is -0.502. The summed E-state index contributed by atoms with van der Waals surface area (Å²) in [5.74, 6) is -1.00. The molecule has 0 fully saturated rings. The van der Waals surface area contributed by atoms with Gasteiger partial charge in [-0.1, -0.05) is 6.08 Å². The fourth-order valence-corrected chi connectivity index (χ4v) is 1.03. The summed E-state index contributed by atoms with van der Waals surface area (Å²) in [5, 5.41) is 0. The third-order valence-corrected chi connectivity index (χ3v) is 1.69. The second-order valence-electron chi connectivity index (χ2n) is 2.69. The molecule has 0 spiro atoms. The van der Waals surface area contributed by atoms with Gasteiger partial charge in [0.1, 0.15) is 11.6 Å². The van der Waals surface area contributed by atoms with Crippen LogP contribution in [0.4, 0.5) is 8.78 Å². The Morgan fingerprint density at radius 3 is 2.58 bits per heavy atom. The minimum Gasteiger partial charge on any atom is -0.207 e. The van der Waals surface area contributed by atoms with Gasteiger partial charge in [0.05, 0.1) is 0 Å². The first-order valence-corrected chi connectivity index (χ1v) is 3.70. The lowest BCUT2D eigenvalue weighted by Crippen LogP contribution is -1.92. The molecule has 1 aromatic rings. The van der Waals surface area contributed by atoms with E-state index < -0.39 is 11.6 Å². The zero-order valence-corrected chi connectivity index (χ0v) is 6.90. The predicted octanol–water partition coefficient (Wildman–Crippen LogP) is 3.00. The highest BCUT2D eigenvalue weighted by Gasteiger charge is 2.04. The highest BCUT2D eigenvalue weighted by molar-refractivity contribution is 5.26. The standard InChI is InChI=1S/C10H10F2/c1-3-4-8-5-7(2)9(11)6-10(8)12/h3,5-6H,1,4H2,2H3. The summed E-state index contributed by atoms with van der Waals surface area (Å²) in [6.45, 7) is 5.10. The van der Waals surface area contributed by atoms with E-state index in [1.807, 2.05) is 0 Å². The molecule has 0 aliphatic heterocycles. The topological polar surface area (TPSA) is 0 Å². The van der Waals surface area contributed by atoms with Crippen LogP contribution >= 0.6 is 0 Å². The fourth-order valence-electron chi connectivity index (χ4n) is 1.03. The first kappa shape index (κ1) is 8.91. The highest BCUT2D eigenvalue weighted by Crippen LogP contribution is 2.14. The maximum atomic E-state index is 12.9. The maximum Gasteiger partial charge on any atom is 0.129 e. The Kier molecular flexibility index (Phi) is 2.58. The van der Waals surface area contributed by atoms with Gasteiger partial charge in [-0.15, -0.1) is 6.58 Å². The van der Waals surface area contributed by atoms with Crippen LogP contribution in [0.5, 0.6) is 0 Å². The molecule has 0 bridgehead atoms. The zero-order valence-electron chi connectivity index (χ0n) is 6.90. The van der Waals surface area contributed by atoms with Crippen molar-refractivity contribution in [1.29, 1.82) is 0 Å². The van der Waals surface area contributed by atoms with Gasteiger partial charge in [-0.2, -0.15) is 0 Å². The van der Waals surface area contributed by atoms with Crippen LogP contribution in [-0.4, -0.2) is 0 Å². The normalized spacial score (nSPS) is 9.92. The number of benzene rings is 1. The van der Waals surface area contributed by atoms with Gasteiger partial charge in [0.15, 0.2) is 0 Å². The Hall–Kier alpha value is -1.18. The van der Waals surface area contributed by atoms with Crippen molar-refractivity contribution in [2.24, 2.45) is 0 Å². The first-order valence-electron chi connectivity index (χ1n) is 3.70. The molecule has 0 nitrogen and oxygen atoms in total. The molecule has 2 heteroatoms. The summed E-state index contributed by atoms with van der Waals surface area (Å²) in [7, 11) is 0. The lowest BCUT2D eigenvalue weighted by Gasteiger charge is -2.02. The van der Waals surface area contributed by atoms with Crippen LogP contribution in [0, 0.1) is 18.6 Å². The van der Waals surface area contributed by atoms with Crippen molar-refractivity contribution in [2.75, 3.05) is 0 Å². The monoisotopic (exact) mass is 168 g/mol. The van der Waals surface area contributed by atoms with Crippen LogP contribution in [0.15, 0.2) is 24.8 Å². The summed E-state index contributed by atoms with van der Waals surface area (Å²) in [4.78, 5) is 0. The first-order chi connectivity index (χ1) is 5.65. The van der Waals surface area contributed by atoms with Crippen LogP contribution < -0.4 is 0 Å². The van der Waals surface area contributed by atoms with Gasteiger partial charge in [0, 0.05) is 6.07 Å². The van der Waals surface area contributed by atoms with Crippen molar-refractivity contribution in [1.82, 2.24) is 0 Å². The molecule has 0 aliphatic carbocycles. The van der Waals surface area contributed by atoms with Gasteiger partial charge < -0.3 is 0 Å². The van der Waals surface area contributed by atoms with E-state index in [0.29, 0.717) is 17.5 Å². The molecule has 0 aliphatic rings. The van der Waals surface area contributed by atoms with Gasteiger partial charge in [0.25, 0.3) is 0 Å². The van der Waals surface area contributed by atoms with E-state index in [0.717, 1.165) is 6.07 Å². The fraction of sp³-hybridized carbons (Fsp3) is 0.200. The molecule has 0 atom stereocenters. The lowest BCUT2D eigenvalue weighted by atomic mass is 10.1. The van der Waals surface area contributed by atoms with Gasteiger partial charge in [-0.25, -0.2) is 8.78 Å². The van der Waals surface area contributed by atoms with E-state index >= 15 is 0 Å². The molecule has 1 aromatic carbocycles. The highest BCUT2D eigenvalue weighted by atomic mass is 19.1. The number of halogens is 2. The van der Waals surface area contributed by atoms with Crippen LogP contribution in [0.2, 0.25) is 0 Å². The number of rotatable bonds is 2. The van der Waals surface area contributed by atoms with Gasteiger partial charge in [-0.05, 0) is 30.5 Å². The molecule has 64 valence electrons. The van der Waals surface area contributed by atoms with E-state index in [-0.39, 0.29) is 0 Å². The molecule has 1 rings (SSSR count). The molecular weight excluding hydrogens is 158 g/mol. The van der Waals surface area contributed by atoms with Crippen molar-refractivity contribution in [3.05, 3.63) is 47.5 Å². The summed E-state index contributed by atoms with van der Waals surface area (Å²) < 4.78 is 25.7. The summed E-state index contributed by atoms with van der Waals surface area (Å²) in [5.41, 5.74) is 0.956. The summed E-state index contributed by atoms with van der Waals surface area (Å²) in [6, 6.07) is 2.42. The Labute approximate surface area is 70.5 Å². The zero-order chi connectivity index (χ0) is 9.14. The van der Waals surface area contributed by atoms with Crippen molar-refractivity contribution < 1.29 is 8.78 Å². The third kappa shape index (κ3) is 1.70. The molecule has 0 unspecified atom stereocenters. The number of aryl methyl sites for hydroxylation is 1. The number of hydrogen-bond donors (Lipinski definition) is 0. The Morgan fingerprint density at radius 1 is 1.33 bits per heavy atom. The summed E-state index contributed by atoms with van der Waals surface area (Å²) in [6.07, 6.45) is 2.03. The van der Waals surface area contributed by atoms with Gasteiger partial charge >= 0.3 is 0 Å². The van der Waals surface area contributed by atoms with Gasteiger partial charge in [-0.3, -0.25) is 0 Å². The Balaban J connectivity index is 3.13. The number of hydrogen-bond acceptors (Lipinski definition) is 0. The van der Waals surface area contributed by atoms with Crippen LogP contribution in [0.1, 0.15) is 11.1 Å². The average molecular weight is 168 g/mol. The van der Waals surface area contributed by atoms with E-state index in [1.54, 1.807) is 13.0 Å². The van der Waals surface area contributed by atoms with Crippen molar-refractivity contribution in [2.45, 2.75) is 13.3 Å². The molecule has 0 saturated heterocycles. The Bertz CT molecular complexity index is 303. The predicted molar refractivity (Wildman–Crippen MR) is 45.0 cm³/mol. The molecule has 0 amide bonds. The molecule has 0 N–H and O–H groups in total. The summed E-state index contributed by atoms with van der Waals surface area (Å²) >= 11 is 0. The molecule has 12 heavy (non-hydrogen) atoms. The van der Waals surface area contributed by atoms with Crippen molar-refractivity contribution in [3.8, 4) is 0 Å². The second-order valence-corrected chi connectivity index (χ2v) is 2.69. The van der Waals surface area contributed by atoms with E-state index in [1.165, 1.54) is 6.07 Å². The maximum absolute atomic E-state index is 12.9. The largest absolute Gasteiger partial charge is 0.207 e. The molecule has 0 saturated carbocycles. The smallest absolute Gasteiger partial charge is 0.129 e. The van der Waals surface area contributed by atoms with Gasteiger partial charge in [0.2, 0.25) is 0 Å². The average Bonchev–Trinajstić information content (AvgIpc) is 2.01. The Morgan fingerprint density at radius 2 is 2.00 bits per heavy atom.